The van der Waals surface area contributed by atoms with Crippen LogP contribution in [0.3, 0.4) is 0 Å². The fraction of sp³-hybridized carbons (Fsp3) is 0.353. The van der Waals surface area contributed by atoms with Crippen LogP contribution in [0.25, 0.3) is 11.3 Å². The largest absolute Gasteiger partial charge is 0.461 e. The van der Waals surface area contributed by atoms with Crippen molar-refractivity contribution >= 4 is 5.91 Å². The number of nitrogens with zero attached hydrogens (tertiary/aromatic N) is 1. The van der Waals surface area contributed by atoms with Gasteiger partial charge in [0.2, 0.25) is 5.91 Å². The quantitative estimate of drug-likeness (QED) is 0.856. The lowest BCUT2D eigenvalue weighted by atomic mass is 10.1. The Morgan fingerprint density at radius 2 is 2.05 bits per heavy atom. The lowest BCUT2D eigenvalue weighted by Crippen LogP contribution is -2.33. The van der Waals surface area contributed by atoms with Crippen molar-refractivity contribution in [1.82, 2.24) is 4.90 Å². The minimum absolute atomic E-state index is 0.0274. The van der Waals surface area contributed by atoms with Crippen molar-refractivity contribution in [2.45, 2.75) is 19.8 Å². The molecule has 0 aliphatic carbocycles. The van der Waals surface area contributed by atoms with Crippen LogP contribution in [0.5, 0.6) is 0 Å². The van der Waals surface area contributed by atoms with Crippen LogP contribution in [0.4, 0.5) is 4.39 Å². The second-order valence-corrected chi connectivity index (χ2v) is 4.94. The van der Waals surface area contributed by atoms with Gasteiger partial charge in [0, 0.05) is 25.9 Å². The fourth-order valence-electron chi connectivity index (χ4n) is 2.29. The Balaban J connectivity index is 1.98. The predicted octanol–water partition coefficient (Wildman–Crippen LogP) is 2.86. The molecule has 0 aliphatic rings. The molecule has 2 rings (SSSR count). The van der Waals surface area contributed by atoms with Crippen molar-refractivity contribution in [2.24, 2.45) is 0 Å². The average molecular weight is 305 g/mol. The van der Waals surface area contributed by atoms with Crippen molar-refractivity contribution < 1.29 is 18.7 Å². The molecule has 2 aromatic rings. The number of benzene rings is 1. The number of aliphatic hydroxyl groups is 1. The molecule has 5 heteroatoms. The highest BCUT2D eigenvalue weighted by atomic mass is 19.1. The van der Waals surface area contributed by atoms with E-state index in [1.165, 1.54) is 6.07 Å². The van der Waals surface area contributed by atoms with Crippen molar-refractivity contribution in [3.05, 3.63) is 48.0 Å². The lowest BCUT2D eigenvalue weighted by Gasteiger charge is -2.19. The summed E-state index contributed by atoms with van der Waals surface area (Å²) >= 11 is 0. The van der Waals surface area contributed by atoms with E-state index in [9.17, 15) is 9.18 Å². The number of carbonyl (C=O) groups excluding carboxylic acids is 1. The van der Waals surface area contributed by atoms with Crippen LogP contribution in [-0.2, 0) is 11.2 Å². The zero-order valence-electron chi connectivity index (χ0n) is 12.6. The highest BCUT2D eigenvalue weighted by Gasteiger charge is 2.13. The van der Waals surface area contributed by atoms with Crippen LogP contribution in [0, 0.1) is 5.82 Å². The summed E-state index contributed by atoms with van der Waals surface area (Å²) in [6, 6.07) is 9.89. The molecule has 1 N–H and O–H groups in total. The molecule has 1 aromatic carbocycles. The summed E-state index contributed by atoms with van der Waals surface area (Å²) in [5, 5.41) is 8.91. The molecule has 1 amide bonds. The predicted molar refractivity (Wildman–Crippen MR) is 81.8 cm³/mol. The third kappa shape index (κ3) is 3.95. The molecule has 0 saturated heterocycles. The Labute approximate surface area is 129 Å². The number of aliphatic hydroxyl groups excluding tert-OH is 1. The molecule has 0 spiro atoms. The van der Waals surface area contributed by atoms with E-state index in [4.69, 9.17) is 9.52 Å². The molecule has 0 radical (unpaired) electrons. The zero-order chi connectivity index (χ0) is 15.9. The standard InChI is InChI=1S/C17H20FNO3/c1-2-19(11-12-20)17(21)10-8-13-7-9-16(22-13)14-5-3-4-6-15(14)18/h3-7,9,20H,2,8,10-12H2,1H3. The van der Waals surface area contributed by atoms with Crippen LogP contribution in [-0.4, -0.2) is 35.6 Å². The first-order valence-corrected chi connectivity index (χ1v) is 7.38. The smallest absolute Gasteiger partial charge is 0.223 e. The molecule has 118 valence electrons. The number of halogens is 1. The molecule has 0 aliphatic heterocycles. The number of carbonyl (C=O) groups is 1. The van der Waals surface area contributed by atoms with E-state index in [1.54, 1.807) is 35.2 Å². The highest BCUT2D eigenvalue weighted by Crippen LogP contribution is 2.25. The lowest BCUT2D eigenvalue weighted by molar-refractivity contribution is -0.131. The number of aryl methyl sites for hydroxylation is 1. The summed E-state index contributed by atoms with van der Waals surface area (Å²) < 4.78 is 19.3. The minimum Gasteiger partial charge on any atom is -0.461 e. The van der Waals surface area contributed by atoms with Gasteiger partial charge in [0.05, 0.1) is 12.2 Å². The first-order valence-electron chi connectivity index (χ1n) is 7.38. The van der Waals surface area contributed by atoms with E-state index in [1.807, 2.05) is 6.92 Å². The van der Waals surface area contributed by atoms with Gasteiger partial charge >= 0.3 is 0 Å². The molecule has 1 heterocycles. The molecule has 0 atom stereocenters. The maximum atomic E-state index is 13.7. The Morgan fingerprint density at radius 1 is 1.27 bits per heavy atom. The molecule has 0 bridgehead atoms. The van der Waals surface area contributed by atoms with Crippen LogP contribution >= 0.6 is 0 Å². The number of furan rings is 1. The minimum atomic E-state index is -0.334. The number of hydrogen-bond acceptors (Lipinski definition) is 3. The third-order valence-corrected chi connectivity index (χ3v) is 3.49. The van der Waals surface area contributed by atoms with E-state index in [0.717, 1.165) is 0 Å². The molecular formula is C17H20FNO3. The molecule has 4 nitrogen and oxygen atoms in total. The Morgan fingerprint density at radius 3 is 2.73 bits per heavy atom. The van der Waals surface area contributed by atoms with Gasteiger partial charge in [0.25, 0.3) is 0 Å². The maximum absolute atomic E-state index is 13.7. The zero-order valence-corrected chi connectivity index (χ0v) is 12.6. The van der Waals surface area contributed by atoms with Gasteiger partial charge in [-0.15, -0.1) is 0 Å². The Bertz CT molecular complexity index is 624. The van der Waals surface area contributed by atoms with Gasteiger partial charge in [0.15, 0.2) is 0 Å². The maximum Gasteiger partial charge on any atom is 0.223 e. The summed E-state index contributed by atoms with van der Waals surface area (Å²) in [6.07, 6.45) is 0.757. The number of rotatable bonds is 7. The molecule has 22 heavy (non-hydrogen) atoms. The topological polar surface area (TPSA) is 53.7 Å². The van der Waals surface area contributed by atoms with Crippen molar-refractivity contribution in [3.63, 3.8) is 0 Å². The highest BCUT2D eigenvalue weighted by molar-refractivity contribution is 5.76. The van der Waals surface area contributed by atoms with Crippen LogP contribution in [0.1, 0.15) is 19.1 Å². The van der Waals surface area contributed by atoms with E-state index in [0.29, 0.717) is 43.0 Å². The van der Waals surface area contributed by atoms with Crippen molar-refractivity contribution in [1.29, 1.82) is 0 Å². The van der Waals surface area contributed by atoms with Crippen LogP contribution < -0.4 is 0 Å². The second-order valence-electron chi connectivity index (χ2n) is 4.94. The van der Waals surface area contributed by atoms with E-state index >= 15 is 0 Å². The van der Waals surface area contributed by atoms with Gasteiger partial charge in [-0.25, -0.2) is 4.39 Å². The molecule has 0 fully saturated rings. The van der Waals surface area contributed by atoms with Gasteiger partial charge in [0.1, 0.15) is 17.3 Å². The van der Waals surface area contributed by atoms with Gasteiger partial charge in [-0.2, -0.15) is 0 Å². The fourth-order valence-corrected chi connectivity index (χ4v) is 2.29. The van der Waals surface area contributed by atoms with Gasteiger partial charge in [-0.1, -0.05) is 12.1 Å². The SMILES string of the molecule is CCN(CCO)C(=O)CCc1ccc(-c2ccccc2F)o1. The Hall–Kier alpha value is -2.14. The summed E-state index contributed by atoms with van der Waals surface area (Å²) in [6.45, 7) is 2.74. The number of likely N-dealkylation sites (N-methyl/N-ethyl adjacent to an activating group) is 1. The van der Waals surface area contributed by atoms with Crippen LogP contribution in [0.2, 0.25) is 0 Å². The third-order valence-electron chi connectivity index (χ3n) is 3.49. The monoisotopic (exact) mass is 305 g/mol. The summed E-state index contributed by atoms with van der Waals surface area (Å²) in [5.74, 6) is 0.745. The molecule has 1 aromatic heterocycles. The first-order chi connectivity index (χ1) is 10.7. The van der Waals surface area contributed by atoms with Gasteiger partial charge in [-0.05, 0) is 31.2 Å². The average Bonchev–Trinajstić information content (AvgIpc) is 2.99. The first kappa shape index (κ1) is 16.2. The normalized spacial score (nSPS) is 10.7. The van der Waals surface area contributed by atoms with Crippen molar-refractivity contribution in [2.75, 3.05) is 19.7 Å². The molecule has 0 unspecified atom stereocenters. The van der Waals surface area contributed by atoms with E-state index in [2.05, 4.69) is 0 Å². The van der Waals surface area contributed by atoms with Crippen LogP contribution in [0.15, 0.2) is 40.8 Å². The van der Waals surface area contributed by atoms with Gasteiger partial charge < -0.3 is 14.4 Å². The number of amides is 1. The summed E-state index contributed by atoms with van der Waals surface area (Å²) in [7, 11) is 0. The second kappa shape index (κ2) is 7.75. The van der Waals surface area contributed by atoms with E-state index in [-0.39, 0.29) is 18.3 Å². The summed E-state index contributed by atoms with van der Waals surface area (Å²) in [5.41, 5.74) is 0.413. The van der Waals surface area contributed by atoms with E-state index < -0.39 is 0 Å². The Kier molecular flexibility index (Phi) is 5.72. The van der Waals surface area contributed by atoms with Crippen molar-refractivity contribution in [3.8, 4) is 11.3 Å². The molecular weight excluding hydrogens is 285 g/mol. The van der Waals surface area contributed by atoms with Gasteiger partial charge in [-0.3, -0.25) is 4.79 Å². The summed E-state index contributed by atoms with van der Waals surface area (Å²) in [4.78, 5) is 13.6. The number of hydrogen-bond donors (Lipinski definition) is 1. The molecule has 0 saturated carbocycles.